The Balaban J connectivity index is 1.48. The van der Waals surface area contributed by atoms with Crippen LogP contribution < -0.4 is 0 Å². The summed E-state index contributed by atoms with van der Waals surface area (Å²) in [6.07, 6.45) is -0.651. The monoisotopic (exact) mass is 466 g/mol. The molecule has 3 heterocycles. The molecule has 1 amide bonds. The number of hydrogen-bond donors (Lipinski definition) is 1. The van der Waals surface area contributed by atoms with Crippen molar-refractivity contribution in [2.45, 2.75) is 25.4 Å². The van der Waals surface area contributed by atoms with Crippen LogP contribution in [0.25, 0.3) is 28.2 Å². The van der Waals surface area contributed by atoms with Gasteiger partial charge in [-0.3, -0.25) is 4.79 Å². The highest BCUT2D eigenvalue weighted by molar-refractivity contribution is 5.94. The second-order valence-electron chi connectivity index (χ2n) is 8.32. The molecule has 1 aliphatic rings. The Morgan fingerprint density at radius 2 is 1.62 bits per heavy atom. The zero-order valence-electron chi connectivity index (χ0n) is 18.1. The molecule has 1 aliphatic heterocycles. The summed E-state index contributed by atoms with van der Waals surface area (Å²) >= 11 is 0. The molecular weight excluding hydrogens is 445 g/mol. The fourth-order valence-electron chi connectivity index (χ4n) is 4.08. The van der Waals surface area contributed by atoms with Crippen molar-refractivity contribution in [1.82, 2.24) is 19.5 Å². The Bertz CT molecular complexity index is 1340. The first kappa shape index (κ1) is 22.1. The first-order chi connectivity index (χ1) is 16.3. The molecule has 5 rings (SSSR count). The van der Waals surface area contributed by atoms with E-state index in [0.717, 1.165) is 11.1 Å². The fraction of sp³-hybridized carbons (Fsp3) is 0.240. The molecule has 174 valence electrons. The van der Waals surface area contributed by atoms with E-state index >= 15 is 0 Å². The van der Waals surface area contributed by atoms with Gasteiger partial charge in [0.05, 0.1) is 23.7 Å². The van der Waals surface area contributed by atoms with Crippen LogP contribution in [-0.4, -0.2) is 49.5 Å². The number of rotatable bonds is 4. The third kappa shape index (κ3) is 4.26. The van der Waals surface area contributed by atoms with Gasteiger partial charge in [-0.25, -0.2) is 22.7 Å². The molecule has 4 aromatic rings. The minimum atomic E-state index is -2.71. The number of piperidine rings is 1. The van der Waals surface area contributed by atoms with Gasteiger partial charge < -0.3 is 10.0 Å². The summed E-state index contributed by atoms with van der Waals surface area (Å²) in [5, 5.41) is 13.9. The van der Waals surface area contributed by atoms with Crippen LogP contribution >= 0.6 is 0 Å². The van der Waals surface area contributed by atoms with E-state index in [1.165, 1.54) is 17.0 Å². The fourth-order valence-corrected chi connectivity index (χ4v) is 4.08. The maximum absolute atomic E-state index is 13.5. The van der Waals surface area contributed by atoms with E-state index < -0.39 is 5.92 Å². The SMILES string of the molecule is O=C(c1ccc(-c2cc(-c3ccc(F)cc3)n3nc(CO)cc3n2)cc1)N1CCC(F)(F)CC1. The highest BCUT2D eigenvalue weighted by Crippen LogP contribution is 2.30. The molecule has 0 unspecified atom stereocenters. The van der Waals surface area contributed by atoms with Gasteiger partial charge in [-0.05, 0) is 42.5 Å². The molecule has 1 fully saturated rings. The summed E-state index contributed by atoms with van der Waals surface area (Å²) < 4.78 is 41.9. The number of aromatic nitrogens is 3. The summed E-state index contributed by atoms with van der Waals surface area (Å²) in [7, 11) is 0. The van der Waals surface area contributed by atoms with Gasteiger partial charge in [0.15, 0.2) is 5.65 Å². The standard InChI is InChI=1S/C25H21F3N4O2/c26-19-7-5-17(6-8-19)22-14-21(29-23-13-20(15-33)30-32(22)23)16-1-3-18(4-2-16)24(34)31-11-9-25(27,28)10-12-31/h1-8,13-14,33H,9-12,15H2. The van der Waals surface area contributed by atoms with E-state index in [1.807, 2.05) is 0 Å². The number of amides is 1. The summed E-state index contributed by atoms with van der Waals surface area (Å²) in [5.74, 6) is -3.35. The van der Waals surface area contributed by atoms with Crippen LogP contribution in [0.4, 0.5) is 13.2 Å². The van der Waals surface area contributed by atoms with Crippen molar-refractivity contribution in [3.63, 3.8) is 0 Å². The molecule has 0 atom stereocenters. The lowest BCUT2D eigenvalue weighted by Crippen LogP contribution is -2.42. The van der Waals surface area contributed by atoms with Gasteiger partial charge in [0.25, 0.3) is 11.8 Å². The average Bonchev–Trinajstić information content (AvgIpc) is 3.27. The second-order valence-corrected chi connectivity index (χ2v) is 8.32. The van der Waals surface area contributed by atoms with Crippen molar-refractivity contribution in [2.24, 2.45) is 0 Å². The first-order valence-electron chi connectivity index (χ1n) is 10.9. The number of nitrogens with zero attached hydrogens (tertiary/aromatic N) is 4. The molecule has 9 heteroatoms. The Labute approximate surface area is 193 Å². The topological polar surface area (TPSA) is 70.7 Å². The summed E-state index contributed by atoms with van der Waals surface area (Å²) in [5.41, 5.74) is 4.09. The van der Waals surface area contributed by atoms with E-state index in [1.54, 1.807) is 53.0 Å². The van der Waals surface area contributed by atoms with Crippen molar-refractivity contribution in [1.29, 1.82) is 0 Å². The Morgan fingerprint density at radius 1 is 0.971 bits per heavy atom. The van der Waals surface area contributed by atoms with Crippen LogP contribution in [0.3, 0.4) is 0 Å². The van der Waals surface area contributed by atoms with Crippen molar-refractivity contribution in [3.8, 4) is 22.5 Å². The lowest BCUT2D eigenvalue weighted by atomic mass is 10.0. The molecule has 2 aromatic heterocycles. The number of halogens is 3. The van der Waals surface area contributed by atoms with Gasteiger partial charge >= 0.3 is 0 Å². The molecule has 0 aliphatic carbocycles. The predicted octanol–water partition coefficient (Wildman–Crippen LogP) is 4.57. The van der Waals surface area contributed by atoms with Gasteiger partial charge in [0, 0.05) is 48.7 Å². The third-order valence-corrected chi connectivity index (χ3v) is 5.99. The minimum absolute atomic E-state index is 0.0290. The number of benzene rings is 2. The maximum Gasteiger partial charge on any atom is 0.253 e. The molecule has 0 radical (unpaired) electrons. The number of hydrogen-bond acceptors (Lipinski definition) is 4. The van der Waals surface area contributed by atoms with Gasteiger partial charge in [-0.15, -0.1) is 0 Å². The Kier molecular flexibility index (Phi) is 5.57. The lowest BCUT2D eigenvalue weighted by Gasteiger charge is -2.31. The summed E-state index contributed by atoms with van der Waals surface area (Å²) in [4.78, 5) is 18.8. The van der Waals surface area contributed by atoms with E-state index in [0.29, 0.717) is 28.3 Å². The Morgan fingerprint density at radius 3 is 2.26 bits per heavy atom. The molecule has 0 saturated carbocycles. The van der Waals surface area contributed by atoms with Gasteiger partial charge in [-0.2, -0.15) is 5.10 Å². The predicted molar refractivity (Wildman–Crippen MR) is 120 cm³/mol. The quantitative estimate of drug-likeness (QED) is 0.479. The van der Waals surface area contributed by atoms with Gasteiger partial charge in [-0.1, -0.05) is 12.1 Å². The van der Waals surface area contributed by atoms with Crippen molar-refractivity contribution >= 4 is 11.6 Å². The largest absolute Gasteiger partial charge is 0.390 e. The number of fused-ring (bicyclic) bond motifs is 1. The summed E-state index contributed by atoms with van der Waals surface area (Å²) in [6.45, 7) is -0.191. The van der Waals surface area contributed by atoms with E-state index in [4.69, 9.17) is 0 Å². The maximum atomic E-state index is 13.5. The van der Waals surface area contributed by atoms with Crippen LogP contribution in [0.15, 0.2) is 60.7 Å². The molecule has 2 aromatic carbocycles. The smallest absolute Gasteiger partial charge is 0.253 e. The van der Waals surface area contributed by atoms with E-state index in [9.17, 15) is 23.1 Å². The zero-order chi connectivity index (χ0) is 23.9. The highest BCUT2D eigenvalue weighted by atomic mass is 19.3. The van der Waals surface area contributed by atoms with Crippen LogP contribution in [0.5, 0.6) is 0 Å². The number of likely N-dealkylation sites (tertiary alicyclic amines) is 1. The van der Waals surface area contributed by atoms with Crippen molar-refractivity contribution in [3.05, 3.63) is 77.7 Å². The van der Waals surface area contributed by atoms with Crippen LogP contribution in [-0.2, 0) is 6.61 Å². The lowest BCUT2D eigenvalue weighted by molar-refractivity contribution is -0.0494. The number of aliphatic hydroxyl groups excluding tert-OH is 1. The van der Waals surface area contributed by atoms with Crippen LogP contribution in [0.1, 0.15) is 28.9 Å². The van der Waals surface area contributed by atoms with Crippen LogP contribution in [0.2, 0.25) is 0 Å². The molecule has 0 spiro atoms. The average molecular weight is 466 g/mol. The minimum Gasteiger partial charge on any atom is -0.390 e. The van der Waals surface area contributed by atoms with Gasteiger partial charge in [0.1, 0.15) is 5.82 Å². The number of carbonyl (C=O) groups is 1. The van der Waals surface area contributed by atoms with Crippen molar-refractivity contribution in [2.75, 3.05) is 13.1 Å². The molecular formula is C25H21F3N4O2. The highest BCUT2D eigenvalue weighted by Gasteiger charge is 2.35. The molecule has 6 nitrogen and oxygen atoms in total. The molecule has 1 saturated heterocycles. The second kappa shape index (κ2) is 8.57. The van der Waals surface area contributed by atoms with Crippen molar-refractivity contribution < 1.29 is 23.1 Å². The normalized spacial score (nSPS) is 15.6. The first-order valence-corrected chi connectivity index (χ1v) is 10.9. The number of aliphatic hydroxyl groups is 1. The van der Waals surface area contributed by atoms with Gasteiger partial charge in [0.2, 0.25) is 0 Å². The Hall–Kier alpha value is -3.72. The molecule has 0 bridgehead atoms. The molecule has 1 N–H and O–H groups in total. The number of carbonyl (C=O) groups excluding carboxylic acids is 1. The third-order valence-electron chi connectivity index (χ3n) is 5.99. The van der Waals surface area contributed by atoms with E-state index in [2.05, 4.69) is 10.1 Å². The zero-order valence-corrected chi connectivity index (χ0v) is 18.1. The van der Waals surface area contributed by atoms with E-state index in [-0.39, 0.29) is 44.3 Å². The molecule has 34 heavy (non-hydrogen) atoms. The summed E-state index contributed by atoms with van der Waals surface area (Å²) in [6, 6.07) is 16.3. The number of alkyl halides is 2. The van der Waals surface area contributed by atoms with Crippen LogP contribution in [0, 0.1) is 5.82 Å².